The summed E-state index contributed by atoms with van der Waals surface area (Å²) in [6.07, 6.45) is 1.41. The summed E-state index contributed by atoms with van der Waals surface area (Å²) in [5.74, 6) is 1.24. The maximum absolute atomic E-state index is 11.7. The number of carbonyl (C=O) groups excluding carboxylic acids is 1. The molecule has 0 fully saturated rings. The van der Waals surface area contributed by atoms with Gasteiger partial charge >= 0.3 is 0 Å². The summed E-state index contributed by atoms with van der Waals surface area (Å²) in [5, 5.41) is 16.8. The second-order valence-corrected chi connectivity index (χ2v) is 6.98. The molecule has 1 aromatic carbocycles. The SMILES string of the molecule is COc1cc(Nc2ncc(Cl)c(Nc3ccsc3C(=O)NO)n2)cc(OC)c1OC. The fourth-order valence-electron chi connectivity index (χ4n) is 2.56. The van der Waals surface area contributed by atoms with Gasteiger partial charge in [-0.2, -0.15) is 4.98 Å². The Labute approximate surface area is 180 Å². The third kappa shape index (κ3) is 4.48. The quantitative estimate of drug-likeness (QED) is 0.298. The zero-order chi connectivity index (χ0) is 21.7. The number of anilines is 4. The summed E-state index contributed by atoms with van der Waals surface area (Å²) in [6, 6.07) is 5.07. The lowest BCUT2D eigenvalue weighted by atomic mass is 10.2. The summed E-state index contributed by atoms with van der Waals surface area (Å²) in [5.41, 5.74) is 2.63. The fraction of sp³-hybridized carbons (Fsp3) is 0.167. The van der Waals surface area contributed by atoms with Gasteiger partial charge in [0.05, 0.1) is 33.2 Å². The number of hydroxylamine groups is 1. The lowest BCUT2D eigenvalue weighted by Crippen LogP contribution is -2.18. The predicted molar refractivity (Wildman–Crippen MR) is 113 cm³/mol. The molecule has 0 aliphatic heterocycles. The number of methoxy groups -OCH3 is 3. The monoisotopic (exact) mass is 451 g/mol. The minimum Gasteiger partial charge on any atom is -0.493 e. The highest BCUT2D eigenvalue weighted by molar-refractivity contribution is 7.12. The number of hydrogen-bond donors (Lipinski definition) is 4. The van der Waals surface area contributed by atoms with Gasteiger partial charge in [0.15, 0.2) is 17.3 Å². The number of nitrogens with one attached hydrogen (secondary N) is 3. The first-order valence-corrected chi connectivity index (χ1v) is 9.65. The Kier molecular flexibility index (Phi) is 6.77. The fourth-order valence-corrected chi connectivity index (χ4v) is 3.44. The normalized spacial score (nSPS) is 10.3. The Morgan fingerprint density at radius 2 is 1.83 bits per heavy atom. The van der Waals surface area contributed by atoms with E-state index in [2.05, 4.69) is 20.6 Å². The molecule has 2 aromatic heterocycles. The van der Waals surface area contributed by atoms with Gasteiger partial charge < -0.3 is 24.8 Å². The van der Waals surface area contributed by atoms with Gasteiger partial charge in [-0.25, -0.2) is 10.5 Å². The van der Waals surface area contributed by atoms with Crippen LogP contribution in [0.1, 0.15) is 9.67 Å². The molecule has 0 aliphatic rings. The number of thiophene rings is 1. The van der Waals surface area contributed by atoms with E-state index in [-0.39, 0.29) is 21.7 Å². The predicted octanol–water partition coefficient (Wildman–Crippen LogP) is 3.82. The third-order valence-corrected chi connectivity index (χ3v) is 5.08. The molecular weight excluding hydrogens is 434 g/mol. The van der Waals surface area contributed by atoms with Gasteiger partial charge in [-0.1, -0.05) is 11.6 Å². The molecule has 1 amide bonds. The Morgan fingerprint density at radius 3 is 2.43 bits per heavy atom. The van der Waals surface area contributed by atoms with Gasteiger partial charge in [0.2, 0.25) is 11.7 Å². The first-order chi connectivity index (χ1) is 14.5. The molecule has 12 heteroatoms. The Balaban J connectivity index is 1.89. The van der Waals surface area contributed by atoms with Crippen molar-refractivity contribution in [3.63, 3.8) is 0 Å². The smallest absolute Gasteiger partial charge is 0.286 e. The molecule has 3 aromatic rings. The van der Waals surface area contributed by atoms with Crippen molar-refractivity contribution in [3.05, 3.63) is 39.7 Å². The minimum absolute atomic E-state index is 0.236. The van der Waals surface area contributed by atoms with E-state index in [1.165, 1.54) is 27.5 Å². The maximum Gasteiger partial charge on any atom is 0.286 e. The van der Waals surface area contributed by atoms with Crippen LogP contribution in [0.4, 0.5) is 23.1 Å². The number of aromatic nitrogens is 2. The first kappa shape index (κ1) is 21.4. The highest BCUT2D eigenvalue weighted by atomic mass is 35.5. The highest BCUT2D eigenvalue weighted by Gasteiger charge is 2.16. The summed E-state index contributed by atoms with van der Waals surface area (Å²) in [7, 11) is 4.55. The molecule has 0 radical (unpaired) electrons. The summed E-state index contributed by atoms with van der Waals surface area (Å²) >= 11 is 7.35. The van der Waals surface area contributed by atoms with Crippen LogP contribution in [0.25, 0.3) is 0 Å². The molecule has 0 aliphatic carbocycles. The second kappa shape index (κ2) is 9.48. The largest absolute Gasteiger partial charge is 0.493 e. The molecule has 0 atom stereocenters. The van der Waals surface area contributed by atoms with E-state index in [1.54, 1.807) is 29.1 Å². The van der Waals surface area contributed by atoms with E-state index in [1.807, 2.05) is 0 Å². The summed E-state index contributed by atoms with van der Waals surface area (Å²) in [6.45, 7) is 0. The summed E-state index contributed by atoms with van der Waals surface area (Å²) < 4.78 is 16.0. The number of ether oxygens (including phenoxy) is 3. The number of benzene rings is 1. The van der Waals surface area contributed by atoms with E-state index in [0.29, 0.717) is 28.6 Å². The maximum atomic E-state index is 11.7. The molecular formula is C18H18ClN5O5S. The van der Waals surface area contributed by atoms with E-state index >= 15 is 0 Å². The van der Waals surface area contributed by atoms with Crippen molar-refractivity contribution in [2.24, 2.45) is 0 Å². The third-order valence-electron chi connectivity index (χ3n) is 3.89. The molecule has 0 saturated heterocycles. The molecule has 2 heterocycles. The van der Waals surface area contributed by atoms with E-state index < -0.39 is 5.91 Å². The Morgan fingerprint density at radius 1 is 1.13 bits per heavy atom. The lowest BCUT2D eigenvalue weighted by molar-refractivity contribution is 0.0712. The Hall–Kier alpha value is -3.28. The molecule has 0 spiro atoms. The van der Waals surface area contributed by atoms with Gasteiger partial charge in [-0.3, -0.25) is 10.0 Å². The van der Waals surface area contributed by atoms with Crippen LogP contribution in [-0.2, 0) is 0 Å². The number of carbonyl (C=O) groups is 1. The lowest BCUT2D eigenvalue weighted by Gasteiger charge is -2.15. The van der Waals surface area contributed by atoms with Crippen LogP contribution < -0.4 is 30.3 Å². The van der Waals surface area contributed by atoms with Crippen molar-refractivity contribution in [1.29, 1.82) is 0 Å². The van der Waals surface area contributed by atoms with E-state index in [4.69, 9.17) is 31.0 Å². The van der Waals surface area contributed by atoms with Crippen LogP contribution in [0.15, 0.2) is 29.8 Å². The summed E-state index contributed by atoms with van der Waals surface area (Å²) in [4.78, 5) is 20.5. The van der Waals surface area contributed by atoms with Gasteiger partial charge in [0, 0.05) is 17.8 Å². The average molecular weight is 452 g/mol. The zero-order valence-corrected chi connectivity index (χ0v) is 17.7. The van der Waals surface area contributed by atoms with Crippen molar-refractivity contribution in [2.75, 3.05) is 32.0 Å². The van der Waals surface area contributed by atoms with Crippen molar-refractivity contribution >= 4 is 52.0 Å². The van der Waals surface area contributed by atoms with Gasteiger partial charge in [-0.05, 0) is 11.4 Å². The average Bonchev–Trinajstić information content (AvgIpc) is 3.22. The Bertz CT molecular complexity index is 1040. The van der Waals surface area contributed by atoms with Gasteiger partial charge in [0.1, 0.15) is 9.90 Å². The molecule has 158 valence electrons. The number of nitrogens with zero attached hydrogens (tertiary/aromatic N) is 2. The van der Waals surface area contributed by atoms with E-state index in [9.17, 15) is 4.79 Å². The first-order valence-electron chi connectivity index (χ1n) is 8.39. The topological polar surface area (TPSA) is 127 Å². The number of amides is 1. The van der Waals surface area contributed by atoms with Crippen LogP contribution in [-0.4, -0.2) is 42.4 Å². The van der Waals surface area contributed by atoms with Crippen LogP contribution >= 0.6 is 22.9 Å². The van der Waals surface area contributed by atoms with Gasteiger partial charge in [-0.15, -0.1) is 11.3 Å². The van der Waals surface area contributed by atoms with Crippen molar-refractivity contribution in [3.8, 4) is 17.2 Å². The number of hydrogen-bond acceptors (Lipinski definition) is 10. The molecule has 0 bridgehead atoms. The molecule has 3 rings (SSSR count). The van der Waals surface area contributed by atoms with Crippen molar-refractivity contribution in [2.45, 2.75) is 0 Å². The number of rotatable bonds is 8. The second-order valence-electron chi connectivity index (χ2n) is 5.66. The molecule has 4 N–H and O–H groups in total. The van der Waals surface area contributed by atoms with E-state index in [0.717, 1.165) is 11.3 Å². The van der Waals surface area contributed by atoms with Crippen LogP contribution in [0, 0.1) is 0 Å². The van der Waals surface area contributed by atoms with Crippen LogP contribution in [0.3, 0.4) is 0 Å². The van der Waals surface area contributed by atoms with Crippen molar-refractivity contribution < 1.29 is 24.2 Å². The standard InChI is InChI=1S/C18H18ClN5O5S/c1-27-12-6-9(7-13(28-2)14(12)29-3)21-18-20-8-10(19)16(23-18)22-11-4-5-30-15(11)17(25)24-26/h4-8,26H,1-3H3,(H,24,25)(H2,20,21,22,23). The van der Waals surface area contributed by atoms with Crippen LogP contribution in [0.5, 0.6) is 17.2 Å². The van der Waals surface area contributed by atoms with Crippen molar-refractivity contribution in [1.82, 2.24) is 15.4 Å². The molecule has 10 nitrogen and oxygen atoms in total. The molecule has 30 heavy (non-hydrogen) atoms. The van der Waals surface area contributed by atoms with Gasteiger partial charge in [0.25, 0.3) is 5.91 Å². The highest BCUT2D eigenvalue weighted by Crippen LogP contribution is 2.40. The van der Waals surface area contributed by atoms with Crippen LogP contribution in [0.2, 0.25) is 5.02 Å². The molecule has 0 saturated carbocycles. The number of halogens is 1. The zero-order valence-electron chi connectivity index (χ0n) is 16.1. The minimum atomic E-state index is -0.645. The molecule has 0 unspecified atom stereocenters.